The zero-order chi connectivity index (χ0) is 18.2. The second kappa shape index (κ2) is 9.50. The number of rotatable bonds is 8. The highest BCUT2D eigenvalue weighted by atomic mass is 16.5. The fourth-order valence-electron chi connectivity index (χ4n) is 3.04. The Morgan fingerprint density at radius 1 is 1.19 bits per heavy atom. The molecular formula is C20H29N5O. The standard InChI is InChI=1S/C20H29N5O/c1-17(24(2)16-18-6-4-3-5-7-18)8-10-21-20-22-11-9-19(23-20)25-12-14-26-15-13-25/h3-7,9,11,17H,8,10,12-16H2,1-2H3,(H,21,22,23). The molecule has 0 bridgehead atoms. The lowest BCUT2D eigenvalue weighted by atomic mass is 10.1. The van der Waals surface area contributed by atoms with E-state index in [1.54, 1.807) is 0 Å². The normalized spacial score (nSPS) is 15.9. The number of nitrogens with zero attached hydrogens (tertiary/aromatic N) is 4. The van der Waals surface area contributed by atoms with E-state index in [0.29, 0.717) is 12.0 Å². The average molecular weight is 355 g/mol. The summed E-state index contributed by atoms with van der Waals surface area (Å²) in [5.41, 5.74) is 1.34. The molecule has 1 atom stereocenters. The summed E-state index contributed by atoms with van der Waals surface area (Å²) in [6, 6.07) is 13.0. The highest BCUT2D eigenvalue weighted by Crippen LogP contribution is 2.14. The van der Waals surface area contributed by atoms with Crippen molar-refractivity contribution in [3.63, 3.8) is 0 Å². The van der Waals surface area contributed by atoms with Crippen LogP contribution in [-0.4, -0.2) is 60.8 Å². The summed E-state index contributed by atoms with van der Waals surface area (Å²) < 4.78 is 5.40. The molecule has 1 saturated heterocycles. The van der Waals surface area contributed by atoms with E-state index in [4.69, 9.17) is 4.74 Å². The minimum atomic E-state index is 0.477. The molecule has 0 radical (unpaired) electrons. The first-order valence-electron chi connectivity index (χ1n) is 9.36. The van der Waals surface area contributed by atoms with E-state index in [-0.39, 0.29) is 0 Å². The van der Waals surface area contributed by atoms with Crippen molar-refractivity contribution in [3.8, 4) is 0 Å². The van der Waals surface area contributed by atoms with Crippen molar-refractivity contribution < 1.29 is 4.74 Å². The van der Waals surface area contributed by atoms with Crippen LogP contribution < -0.4 is 10.2 Å². The van der Waals surface area contributed by atoms with Gasteiger partial charge in [-0.15, -0.1) is 0 Å². The zero-order valence-corrected chi connectivity index (χ0v) is 15.8. The van der Waals surface area contributed by atoms with Crippen LogP contribution in [0.4, 0.5) is 11.8 Å². The fraction of sp³-hybridized carbons (Fsp3) is 0.500. The molecule has 1 aromatic carbocycles. The summed E-state index contributed by atoms with van der Waals surface area (Å²) in [6.07, 6.45) is 2.86. The lowest BCUT2D eigenvalue weighted by Crippen LogP contribution is -2.36. The maximum absolute atomic E-state index is 5.40. The molecule has 0 spiro atoms. The average Bonchev–Trinajstić information content (AvgIpc) is 2.69. The first kappa shape index (κ1) is 18.6. The number of ether oxygens (including phenoxy) is 1. The summed E-state index contributed by atoms with van der Waals surface area (Å²) >= 11 is 0. The molecular weight excluding hydrogens is 326 g/mol. The molecule has 1 N–H and O–H groups in total. The van der Waals surface area contributed by atoms with Crippen LogP contribution in [-0.2, 0) is 11.3 Å². The van der Waals surface area contributed by atoms with Gasteiger partial charge in [-0.05, 0) is 32.0 Å². The van der Waals surface area contributed by atoms with Gasteiger partial charge in [-0.1, -0.05) is 30.3 Å². The van der Waals surface area contributed by atoms with Crippen molar-refractivity contribution in [3.05, 3.63) is 48.2 Å². The predicted octanol–water partition coefficient (Wildman–Crippen LogP) is 2.64. The minimum Gasteiger partial charge on any atom is -0.378 e. The van der Waals surface area contributed by atoms with Crippen LogP contribution in [0.2, 0.25) is 0 Å². The Hall–Kier alpha value is -2.18. The van der Waals surface area contributed by atoms with Crippen LogP contribution in [0, 0.1) is 0 Å². The maximum atomic E-state index is 5.40. The summed E-state index contributed by atoms with van der Waals surface area (Å²) in [6.45, 7) is 7.37. The van der Waals surface area contributed by atoms with Crippen molar-refractivity contribution in [1.29, 1.82) is 0 Å². The number of anilines is 2. The van der Waals surface area contributed by atoms with Gasteiger partial charge in [0.15, 0.2) is 0 Å². The lowest BCUT2D eigenvalue weighted by Gasteiger charge is -2.28. The molecule has 3 rings (SSSR count). The van der Waals surface area contributed by atoms with Crippen LogP contribution in [0.15, 0.2) is 42.6 Å². The van der Waals surface area contributed by atoms with E-state index in [9.17, 15) is 0 Å². The Morgan fingerprint density at radius 2 is 1.96 bits per heavy atom. The Labute approximate surface area is 156 Å². The molecule has 26 heavy (non-hydrogen) atoms. The van der Waals surface area contributed by atoms with Gasteiger partial charge in [-0.2, -0.15) is 4.98 Å². The van der Waals surface area contributed by atoms with Crippen LogP contribution in [0.25, 0.3) is 0 Å². The van der Waals surface area contributed by atoms with Gasteiger partial charge in [0.2, 0.25) is 5.95 Å². The molecule has 1 aliphatic rings. The third-order valence-corrected chi connectivity index (χ3v) is 4.85. The molecule has 6 nitrogen and oxygen atoms in total. The van der Waals surface area contributed by atoms with E-state index >= 15 is 0 Å². The van der Waals surface area contributed by atoms with E-state index in [0.717, 1.165) is 51.6 Å². The number of hydrogen-bond donors (Lipinski definition) is 1. The van der Waals surface area contributed by atoms with Gasteiger partial charge in [0.05, 0.1) is 13.2 Å². The zero-order valence-electron chi connectivity index (χ0n) is 15.8. The van der Waals surface area contributed by atoms with Crippen molar-refractivity contribution in [2.45, 2.75) is 25.9 Å². The van der Waals surface area contributed by atoms with E-state index in [1.165, 1.54) is 5.56 Å². The number of aromatic nitrogens is 2. The van der Waals surface area contributed by atoms with Gasteiger partial charge in [0.1, 0.15) is 5.82 Å². The van der Waals surface area contributed by atoms with Gasteiger partial charge < -0.3 is 15.0 Å². The second-order valence-electron chi connectivity index (χ2n) is 6.80. The van der Waals surface area contributed by atoms with Crippen LogP contribution >= 0.6 is 0 Å². The smallest absolute Gasteiger partial charge is 0.224 e. The molecule has 0 amide bonds. The van der Waals surface area contributed by atoms with E-state index in [2.05, 4.69) is 69.4 Å². The number of morpholine rings is 1. The molecule has 1 aliphatic heterocycles. The molecule has 1 unspecified atom stereocenters. The summed E-state index contributed by atoms with van der Waals surface area (Å²) in [5, 5.41) is 3.37. The minimum absolute atomic E-state index is 0.477. The van der Waals surface area contributed by atoms with Gasteiger partial charge >= 0.3 is 0 Å². The summed E-state index contributed by atoms with van der Waals surface area (Å²) in [5.74, 6) is 1.67. The molecule has 1 fully saturated rings. The Balaban J connectivity index is 1.45. The third-order valence-electron chi connectivity index (χ3n) is 4.85. The summed E-state index contributed by atoms with van der Waals surface area (Å²) in [4.78, 5) is 13.6. The molecule has 1 aromatic heterocycles. The predicted molar refractivity (Wildman–Crippen MR) is 106 cm³/mol. The highest BCUT2D eigenvalue weighted by molar-refractivity contribution is 5.42. The van der Waals surface area contributed by atoms with Crippen LogP contribution in [0.5, 0.6) is 0 Å². The van der Waals surface area contributed by atoms with Crippen molar-refractivity contribution in [2.75, 3.05) is 50.1 Å². The van der Waals surface area contributed by atoms with E-state index in [1.807, 2.05) is 12.3 Å². The van der Waals surface area contributed by atoms with Crippen molar-refractivity contribution in [1.82, 2.24) is 14.9 Å². The van der Waals surface area contributed by atoms with Gasteiger partial charge in [-0.3, -0.25) is 4.90 Å². The number of benzene rings is 1. The molecule has 2 aromatic rings. The van der Waals surface area contributed by atoms with Crippen molar-refractivity contribution in [2.24, 2.45) is 0 Å². The maximum Gasteiger partial charge on any atom is 0.224 e. The van der Waals surface area contributed by atoms with Crippen LogP contribution in [0.1, 0.15) is 18.9 Å². The fourth-order valence-corrected chi connectivity index (χ4v) is 3.04. The molecule has 0 aliphatic carbocycles. The largest absolute Gasteiger partial charge is 0.378 e. The van der Waals surface area contributed by atoms with Gasteiger partial charge in [-0.25, -0.2) is 4.98 Å². The van der Waals surface area contributed by atoms with Crippen LogP contribution in [0.3, 0.4) is 0 Å². The van der Waals surface area contributed by atoms with E-state index < -0.39 is 0 Å². The molecule has 6 heteroatoms. The molecule has 0 saturated carbocycles. The second-order valence-corrected chi connectivity index (χ2v) is 6.80. The van der Waals surface area contributed by atoms with Crippen molar-refractivity contribution >= 4 is 11.8 Å². The highest BCUT2D eigenvalue weighted by Gasteiger charge is 2.13. The first-order chi connectivity index (χ1) is 12.7. The Kier molecular flexibility index (Phi) is 6.80. The Morgan fingerprint density at radius 3 is 2.73 bits per heavy atom. The quantitative estimate of drug-likeness (QED) is 0.786. The lowest BCUT2D eigenvalue weighted by molar-refractivity contribution is 0.122. The SMILES string of the molecule is CC(CCNc1nccc(N2CCOCC2)n1)N(C)Cc1ccccc1. The number of hydrogen-bond acceptors (Lipinski definition) is 6. The van der Waals surface area contributed by atoms with Gasteiger partial charge in [0.25, 0.3) is 0 Å². The summed E-state index contributed by atoms with van der Waals surface area (Å²) in [7, 11) is 2.17. The topological polar surface area (TPSA) is 53.5 Å². The monoisotopic (exact) mass is 355 g/mol. The first-order valence-corrected chi connectivity index (χ1v) is 9.36. The van der Waals surface area contributed by atoms with Gasteiger partial charge in [0, 0.05) is 38.4 Å². The number of nitrogens with one attached hydrogen (secondary N) is 1. The molecule has 140 valence electrons. The third kappa shape index (κ3) is 5.41. The molecule has 2 heterocycles. The Bertz CT molecular complexity index is 660.